The van der Waals surface area contributed by atoms with Crippen LogP contribution in [0.15, 0.2) is 21.3 Å². The van der Waals surface area contributed by atoms with Crippen molar-refractivity contribution in [1.82, 2.24) is 9.97 Å². The lowest BCUT2D eigenvalue weighted by Gasteiger charge is -2.13. The minimum absolute atomic E-state index is 0.599. The highest BCUT2D eigenvalue weighted by Gasteiger charge is 2.21. The third-order valence-corrected chi connectivity index (χ3v) is 5.49. The summed E-state index contributed by atoms with van der Waals surface area (Å²) in [5.41, 5.74) is 2.35. The second kappa shape index (κ2) is 5.23. The molecule has 0 radical (unpaired) electrons. The van der Waals surface area contributed by atoms with Gasteiger partial charge in [-0.05, 0) is 40.2 Å². The molecule has 0 unspecified atom stereocenters. The van der Waals surface area contributed by atoms with Crippen LogP contribution in [-0.4, -0.2) is 9.97 Å². The topological polar surface area (TPSA) is 28.7 Å². The van der Waals surface area contributed by atoms with Gasteiger partial charge in [0.25, 0.3) is 0 Å². The molecule has 0 atom stereocenters. The van der Waals surface area contributed by atoms with Crippen molar-refractivity contribution in [2.45, 2.75) is 31.6 Å². The molecule has 1 aliphatic rings. The first-order valence-electron chi connectivity index (χ1n) is 6.08. The number of aromatic amines is 1. The first kappa shape index (κ1) is 12.5. The number of aromatic nitrogens is 2. The average Bonchev–Trinajstić information content (AvgIpc) is 3.03. The van der Waals surface area contributed by atoms with Crippen molar-refractivity contribution >= 4 is 39.5 Å². The molecular formula is C13H13BrN2S2. The number of hydrogen-bond acceptors (Lipinski definition) is 3. The van der Waals surface area contributed by atoms with Crippen molar-refractivity contribution in [2.75, 3.05) is 0 Å². The van der Waals surface area contributed by atoms with Gasteiger partial charge in [0.1, 0.15) is 10.5 Å². The lowest BCUT2D eigenvalue weighted by atomic mass is 10.0. The van der Waals surface area contributed by atoms with Gasteiger partial charge >= 0.3 is 0 Å². The van der Waals surface area contributed by atoms with Gasteiger partial charge in [-0.1, -0.05) is 25.1 Å². The zero-order valence-electron chi connectivity index (χ0n) is 9.78. The molecule has 5 heteroatoms. The Morgan fingerprint density at radius 3 is 2.83 bits per heavy atom. The molecule has 18 heavy (non-hydrogen) atoms. The minimum Gasteiger partial charge on any atom is -0.342 e. The molecule has 94 valence electrons. The highest BCUT2D eigenvalue weighted by molar-refractivity contribution is 9.10. The zero-order valence-corrected chi connectivity index (χ0v) is 13.0. The van der Waals surface area contributed by atoms with E-state index in [1.165, 1.54) is 31.4 Å². The summed E-state index contributed by atoms with van der Waals surface area (Å²) in [4.78, 5) is 7.95. The maximum absolute atomic E-state index is 5.36. The van der Waals surface area contributed by atoms with E-state index in [9.17, 15) is 0 Å². The average molecular weight is 341 g/mol. The molecule has 0 amide bonds. The summed E-state index contributed by atoms with van der Waals surface area (Å²) in [6, 6.07) is 2.07. The Hall–Kier alpha value is -0.520. The Balaban J connectivity index is 2.10. The standard InChI is InChI=1S/C13H13BrN2S2/c14-10-11(8-3-1-2-4-8)15-12(16-13(10)17)9-5-6-18-7-9/h5-8H,1-4H2,(H,15,16,17). The van der Waals surface area contributed by atoms with Gasteiger partial charge in [0.2, 0.25) is 0 Å². The molecule has 2 nitrogen and oxygen atoms in total. The van der Waals surface area contributed by atoms with Crippen LogP contribution in [0.4, 0.5) is 0 Å². The number of H-pyrrole nitrogens is 1. The molecule has 0 bridgehead atoms. The monoisotopic (exact) mass is 340 g/mol. The van der Waals surface area contributed by atoms with Crippen LogP contribution < -0.4 is 0 Å². The molecule has 1 fully saturated rings. The molecule has 2 heterocycles. The summed E-state index contributed by atoms with van der Waals surface area (Å²) in [5, 5.41) is 4.16. The first-order chi connectivity index (χ1) is 8.75. The molecule has 0 aromatic carbocycles. The number of halogens is 1. The quantitative estimate of drug-likeness (QED) is 0.752. The Kier molecular flexibility index (Phi) is 3.63. The van der Waals surface area contributed by atoms with Gasteiger partial charge in [-0.15, -0.1) is 0 Å². The van der Waals surface area contributed by atoms with E-state index in [0.717, 1.165) is 15.9 Å². The number of nitrogens with zero attached hydrogens (tertiary/aromatic N) is 1. The Bertz CT molecular complexity index is 598. The molecule has 0 aliphatic heterocycles. The van der Waals surface area contributed by atoms with E-state index < -0.39 is 0 Å². The van der Waals surface area contributed by atoms with Gasteiger partial charge < -0.3 is 4.98 Å². The predicted octanol–water partition coefficient (Wildman–Crippen LogP) is 5.29. The van der Waals surface area contributed by atoms with E-state index in [4.69, 9.17) is 12.2 Å². The van der Waals surface area contributed by atoms with Crippen molar-refractivity contribution in [1.29, 1.82) is 0 Å². The first-order valence-corrected chi connectivity index (χ1v) is 8.22. The smallest absolute Gasteiger partial charge is 0.144 e. The van der Waals surface area contributed by atoms with Crippen LogP contribution in [0, 0.1) is 4.64 Å². The number of nitrogens with one attached hydrogen (secondary N) is 1. The zero-order chi connectivity index (χ0) is 12.5. The highest BCUT2D eigenvalue weighted by atomic mass is 79.9. The number of thiophene rings is 1. The molecule has 1 aliphatic carbocycles. The Labute approximate surface area is 124 Å². The fourth-order valence-corrected chi connectivity index (χ4v) is 3.86. The summed E-state index contributed by atoms with van der Waals surface area (Å²) in [6.45, 7) is 0. The van der Waals surface area contributed by atoms with Crippen LogP contribution in [0.25, 0.3) is 11.4 Å². The van der Waals surface area contributed by atoms with Gasteiger partial charge in [0.05, 0.1) is 4.47 Å². The lowest BCUT2D eigenvalue weighted by molar-refractivity contribution is 0.690. The molecule has 0 saturated heterocycles. The van der Waals surface area contributed by atoms with E-state index in [-0.39, 0.29) is 0 Å². The second-order valence-corrected chi connectivity index (χ2v) is 6.57. The summed E-state index contributed by atoms with van der Waals surface area (Å²) < 4.78 is 1.64. The predicted molar refractivity (Wildman–Crippen MR) is 81.6 cm³/mol. The minimum atomic E-state index is 0.599. The molecule has 1 saturated carbocycles. The molecule has 2 aromatic rings. The molecule has 3 rings (SSSR count). The molecule has 2 aromatic heterocycles. The normalized spacial score (nSPS) is 16.3. The van der Waals surface area contributed by atoms with Gasteiger partial charge in [0.15, 0.2) is 0 Å². The number of hydrogen-bond donors (Lipinski definition) is 1. The fourth-order valence-electron chi connectivity index (χ4n) is 2.51. The summed E-state index contributed by atoms with van der Waals surface area (Å²) in [5.74, 6) is 1.49. The molecular weight excluding hydrogens is 328 g/mol. The molecule has 1 N–H and O–H groups in total. The third-order valence-electron chi connectivity index (χ3n) is 3.45. The van der Waals surface area contributed by atoms with Crippen LogP contribution in [0.3, 0.4) is 0 Å². The van der Waals surface area contributed by atoms with E-state index in [1.807, 2.05) is 0 Å². The van der Waals surface area contributed by atoms with Crippen LogP contribution in [0.1, 0.15) is 37.3 Å². The van der Waals surface area contributed by atoms with Crippen molar-refractivity contribution in [3.05, 3.63) is 31.6 Å². The summed E-state index contributed by atoms with van der Waals surface area (Å²) in [7, 11) is 0. The van der Waals surface area contributed by atoms with E-state index in [2.05, 4.69) is 42.7 Å². The summed E-state index contributed by atoms with van der Waals surface area (Å²) >= 11 is 10.6. The van der Waals surface area contributed by atoms with Crippen LogP contribution in [-0.2, 0) is 0 Å². The van der Waals surface area contributed by atoms with E-state index in [1.54, 1.807) is 11.3 Å². The van der Waals surface area contributed by atoms with Crippen molar-refractivity contribution in [3.8, 4) is 11.4 Å². The third kappa shape index (κ3) is 2.31. The van der Waals surface area contributed by atoms with Gasteiger partial charge in [-0.3, -0.25) is 0 Å². The maximum atomic E-state index is 5.36. The maximum Gasteiger partial charge on any atom is 0.144 e. The number of rotatable bonds is 2. The van der Waals surface area contributed by atoms with Gasteiger partial charge in [0, 0.05) is 22.6 Å². The SMILES string of the molecule is S=c1nc(-c2ccsc2)[nH]c(C2CCCC2)c1Br. The fraction of sp³-hybridized carbons (Fsp3) is 0.385. The van der Waals surface area contributed by atoms with Crippen molar-refractivity contribution in [3.63, 3.8) is 0 Å². The second-order valence-electron chi connectivity index (χ2n) is 4.61. The van der Waals surface area contributed by atoms with Crippen molar-refractivity contribution in [2.24, 2.45) is 0 Å². The highest BCUT2D eigenvalue weighted by Crippen LogP contribution is 2.37. The van der Waals surface area contributed by atoms with Crippen LogP contribution in [0.5, 0.6) is 0 Å². The van der Waals surface area contributed by atoms with E-state index >= 15 is 0 Å². The van der Waals surface area contributed by atoms with E-state index in [0.29, 0.717) is 10.6 Å². The largest absolute Gasteiger partial charge is 0.342 e. The van der Waals surface area contributed by atoms with Crippen LogP contribution >= 0.6 is 39.5 Å². The molecule has 0 spiro atoms. The Morgan fingerprint density at radius 2 is 2.17 bits per heavy atom. The van der Waals surface area contributed by atoms with Crippen molar-refractivity contribution < 1.29 is 0 Å². The lowest BCUT2D eigenvalue weighted by Crippen LogP contribution is -2.02. The van der Waals surface area contributed by atoms with Crippen LogP contribution in [0.2, 0.25) is 0 Å². The summed E-state index contributed by atoms with van der Waals surface area (Å²) in [6.07, 6.45) is 5.12. The Morgan fingerprint density at radius 1 is 1.39 bits per heavy atom. The van der Waals surface area contributed by atoms with Gasteiger partial charge in [-0.25, -0.2) is 4.98 Å². The van der Waals surface area contributed by atoms with Gasteiger partial charge in [-0.2, -0.15) is 11.3 Å².